The molecule has 1 heterocycles. The number of halogens is 3. The monoisotopic (exact) mass is 438 g/mol. The number of methoxy groups -OCH3 is 1. The number of benzene rings is 2. The second-order valence-electron chi connectivity index (χ2n) is 6.55. The Balaban J connectivity index is 1.70. The van der Waals surface area contributed by atoms with E-state index in [0.717, 1.165) is 18.8 Å². The molecule has 2 aromatic rings. The van der Waals surface area contributed by atoms with Crippen LogP contribution in [-0.4, -0.2) is 26.1 Å². The van der Waals surface area contributed by atoms with Crippen molar-refractivity contribution in [2.75, 3.05) is 30.4 Å². The van der Waals surface area contributed by atoms with Crippen molar-refractivity contribution in [2.45, 2.75) is 19.3 Å². The van der Waals surface area contributed by atoms with Gasteiger partial charge in [-0.2, -0.15) is 0 Å². The third-order valence-corrected chi connectivity index (χ3v) is 5.37. The van der Waals surface area contributed by atoms with Crippen LogP contribution in [0.15, 0.2) is 36.4 Å². The van der Waals surface area contributed by atoms with Crippen molar-refractivity contribution in [3.05, 3.63) is 57.0 Å². The number of ether oxygens (including phenoxy) is 1. The lowest BCUT2D eigenvalue weighted by atomic mass is 10.1. The molecule has 4 nitrogen and oxygen atoms in total. The molecule has 2 aromatic carbocycles. The van der Waals surface area contributed by atoms with Crippen molar-refractivity contribution >= 4 is 58.2 Å². The summed E-state index contributed by atoms with van der Waals surface area (Å²) in [6.07, 6.45) is 6.62. The van der Waals surface area contributed by atoms with E-state index in [1.807, 2.05) is 12.1 Å². The minimum atomic E-state index is -0.292. The highest BCUT2D eigenvalue weighted by Gasteiger charge is 2.14. The molecule has 1 aliphatic heterocycles. The van der Waals surface area contributed by atoms with Crippen LogP contribution < -0.4 is 15.0 Å². The lowest BCUT2D eigenvalue weighted by molar-refractivity contribution is -0.111. The van der Waals surface area contributed by atoms with E-state index < -0.39 is 0 Å². The summed E-state index contributed by atoms with van der Waals surface area (Å²) in [4.78, 5) is 14.6. The molecular weight excluding hydrogens is 419 g/mol. The number of rotatable bonds is 5. The van der Waals surface area contributed by atoms with Gasteiger partial charge in [-0.3, -0.25) is 4.79 Å². The fraction of sp³-hybridized carbons (Fsp3) is 0.286. The van der Waals surface area contributed by atoms with Gasteiger partial charge in [0.15, 0.2) is 0 Å². The quantitative estimate of drug-likeness (QED) is 0.556. The average molecular weight is 440 g/mol. The number of carbonyl (C=O) groups excluding carboxylic acids is 1. The van der Waals surface area contributed by atoms with Crippen molar-refractivity contribution in [3.8, 4) is 5.75 Å². The molecule has 7 heteroatoms. The standard InChI is InChI=1S/C21H21Cl3N2O2/c1-28-21-14(11-15(22)12-18(21)24)5-8-20(27)25-16-6-7-19(17(23)13-16)26-9-3-2-4-10-26/h5-8,11-13H,2-4,9-10H2,1H3,(H,25,27). The predicted octanol–water partition coefficient (Wildman–Crippen LogP) is 6.30. The van der Waals surface area contributed by atoms with Crippen molar-refractivity contribution in [1.82, 2.24) is 0 Å². The molecule has 0 unspecified atom stereocenters. The molecule has 0 atom stereocenters. The number of nitrogens with zero attached hydrogens (tertiary/aromatic N) is 1. The van der Waals surface area contributed by atoms with Gasteiger partial charge in [0.05, 0.1) is 22.8 Å². The lowest BCUT2D eigenvalue weighted by Gasteiger charge is -2.29. The Morgan fingerprint density at radius 1 is 1.07 bits per heavy atom. The van der Waals surface area contributed by atoms with E-state index in [9.17, 15) is 4.79 Å². The van der Waals surface area contributed by atoms with Gasteiger partial charge >= 0.3 is 0 Å². The first-order valence-electron chi connectivity index (χ1n) is 9.04. The van der Waals surface area contributed by atoms with Crippen molar-refractivity contribution in [2.24, 2.45) is 0 Å². The number of hydrogen-bond donors (Lipinski definition) is 1. The van der Waals surface area contributed by atoms with Crippen LogP contribution in [0.1, 0.15) is 24.8 Å². The van der Waals surface area contributed by atoms with Crippen LogP contribution in [0, 0.1) is 0 Å². The van der Waals surface area contributed by atoms with E-state index in [-0.39, 0.29) is 5.91 Å². The van der Waals surface area contributed by atoms with Gasteiger partial charge in [0, 0.05) is 35.4 Å². The summed E-state index contributed by atoms with van der Waals surface area (Å²) in [5.41, 5.74) is 2.26. The van der Waals surface area contributed by atoms with E-state index in [1.165, 1.54) is 32.4 Å². The molecule has 0 spiro atoms. The van der Waals surface area contributed by atoms with E-state index in [0.29, 0.717) is 32.1 Å². The van der Waals surface area contributed by atoms with E-state index in [4.69, 9.17) is 39.5 Å². The SMILES string of the molecule is COc1c(Cl)cc(Cl)cc1C=CC(=O)Nc1ccc(N2CCCCC2)c(Cl)c1. The van der Waals surface area contributed by atoms with Crippen molar-refractivity contribution < 1.29 is 9.53 Å². The smallest absolute Gasteiger partial charge is 0.248 e. The molecule has 0 bridgehead atoms. The zero-order valence-electron chi connectivity index (χ0n) is 15.5. The molecule has 1 fully saturated rings. The van der Waals surface area contributed by atoms with Crippen LogP contribution in [0.25, 0.3) is 6.08 Å². The largest absolute Gasteiger partial charge is 0.495 e. The van der Waals surface area contributed by atoms with Gasteiger partial charge in [-0.25, -0.2) is 0 Å². The van der Waals surface area contributed by atoms with Gasteiger partial charge in [0.25, 0.3) is 0 Å². The molecular formula is C21H21Cl3N2O2. The highest BCUT2D eigenvalue weighted by molar-refractivity contribution is 6.36. The Morgan fingerprint density at radius 2 is 1.82 bits per heavy atom. The summed E-state index contributed by atoms with van der Waals surface area (Å²) in [5, 5.41) is 4.29. The summed E-state index contributed by atoms with van der Waals surface area (Å²) in [5.74, 6) is 0.170. The Kier molecular flexibility index (Phi) is 7.11. The Labute approximate surface area is 180 Å². The fourth-order valence-electron chi connectivity index (χ4n) is 3.24. The summed E-state index contributed by atoms with van der Waals surface area (Å²) in [6, 6.07) is 8.85. The first-order valence-corrected chi connectivity index (χ1v) is 10.2. The van der Waals surface area contributed by atoms with Crippen LogP contribution in [0.5, 0.6) is 5.75 Å². The van der Waals surface area contributed by atoms with Crippen molar-refractivity contribution in [1.29, 1.82) is 0 Å². The molecule has 3 rings (SSSR count). The second-order valence-corrected chi connectivity index (χ2v) is 7.80. The lowest BCUT2D eigenvalue weighted by Crippen LogP contribution is -2.29. The van der Waals surface area contributed by atoms with Crippen LogP contribution in [-0.2, 0) is 4.79 Å². The van der Waals surface area contributed by atoms with E-state index >= 15 is 0 Å². The number of anilines is 2. The normalized spacial score (nSPS) is 14.4. The van der Waals surface area contributed by atoms with Crippen molar-refractivity contribution in [3.63, 3.8) is 0 Å². The molecule has 0 saturated carbocycles. The zero-order valence-corrected chi connectivity index (χ0v) is 17.7. The summed E-state index contributed by atoms with van der Waals surface area (Å²) in [6.45, 7) is 2.02. The van der Waals surface area contributed by atoms with Gasteiger partial charge in [-0.1, -0.05) is 34.8 Å². The topological polar surface area (TPSA) is 41.6 Å². The molecule has 0 aliphatic carbocycles. The highest BCUT2D eigenvalue weighted by Crippen LogP contribution is 2.33. The number of piperidine rings is 1. The summed E-state index contributed by atoms with van der Waals surface area (Å²) in [7, 11) is 1.51. The third kappa shape index (κ3) is 5.13. The van der Waals surface area contributed by atoms with Gasteiger partial charge in [0.1, 0.15) is 5.75 Å². The molecule has 148 valence electrons. The van der Waals surface area contributed by atoms with Crippen LogP contribution in [0.4, 0.5) is 11.4 Å². The van der Waals surface area contributed by atoms with Crippen LogP contribution in [0.2, 0.25) is 15.1 Å². The number of amides is 1. The maximum atomic E-state index is 12.3. The molecule has 28 heavy (non-hydrogen) atoms. The number of nitrogens with one attached hydrogen (secondary N) is 1. The Morgan fingerprint density at radius 3 is 2.50 bits per heavy atom. The summed E-state index contributed by atoms with van der Waals surface area (Å²) < 4.78 is 5.27. The second kappa shape index (κ2) is 9.55. The maximum Gasteiger partial charge on any atom is 0.248 e. The fourth-order valence-corrected chi connectivity index (χ4v) is 4.13. The molecule has 1 aliphatic rings. The maximum absolute atomic E-state index is 12.3. The van der Waals surface area contributed by atoms with E-state index in [2.05, 4.69) is 10.2 Å². The van der Waals surface area contributed by atoms with Crippen LogP contribution in [0.3, 0.4) is 0 Å². The summed E-state index contributed by atoms with van der Waals surface area (Å²) >= 11 is 18.6. The first kappa shape index (κ1) is 20.8. The zero-order chi connectivity index (χ0) is 20.1. The molecule has 0 aromatic heterocycles. The van der Waals surface area contributed by atoms with Gasteiger partial charge < -0.3 is 15.0 Å². The number of hydrogen-bond acceptors (Lipinski definition) is 3. The Bertz CT molecular complexity index is 893. The Hall–Kier alpha value is -1.88. The third-order valence-electron chi connectivity index (χ3n) is 4.57. The van der Waals surface area contributed by atoms with Gasteiger partial charge in [0.2, 0.25) is 5.91 Å². The van der Waals surface area contributed by atoms with Gasteiger partial charge in [-0.15, -0.1) is 0 Å². The van der Waals surface area contributed by atoms with E-state index in [1.54, 1.807) is 24.3 Å². The number of carbonyl (C=O) groups is 1. The predicted molar refractivity (Wildman–Crippen MR) is 118 cm³/mol. The molecule has 1 N–H and O–H groups in total. The molecule has 1 saturated heterocycles. The first-order chi connectivity index (χ1) is 13.5. The minimum absolute atomic E-state index is 0.292. The highest BCUT2D eigenvalue weighted by atomic mass is 35.5. The molecule has 0 radical (unpaired) electrons. The minimum Gasteiger partial charge on any atom is -0.495 e. The van der Waals surface area contributed by atoms with Crippen LogP contribution >= 0.6 is 34.8 Å². The molecule has 1 amide bonds. The average Bonchev–Trinajstić information content (AvgIpc) is 2.67. The van der Waals surface area contributed by atoms with Gasteiger partial charge in [-0.05, 0) is 55.7 Å².